The van der Waals surface area contributed by atoms with E-state index in [-0.39, 0.29) is 24.8 Å². The van der Waals surface area contributed by atoms with Gasteiger partial charge in [-0.15, -0.1) is 36.2 Å². The van der Waals surface area contributed by atoms with E-state index >= 15 is 0 Å². The Bertz CT molecular complexity index is 379. The molecule has 136 valence electrons. The first-order valence-electron chi connectivity index (χ1n) is 8.87. The molecule has 1 aromatic heterocycles. The Labute approximate surface area is 158 Å². The molecule has 0 aliphatic carbocycles. The molecule has 0 aromatic carbocycles. The largest absolute Gasteiger partial charge is 0.330 e. The van der Waals surface area contributed by atoms with E-state index in [4.69, 9.17) is 5.73 Å². The standard InChI is InChI=1S/C18H32N2S.2ClH/c19-12-6-4-2-1-3-5-7-17-8-9-18(21-17)15-16-10-13-20-14-11-16;;/h8-9,16,20H,1-7,10-15,19H2;2*1H. The van der Waals surface area contributed by atoms with Crippen molar-refractivity contribution >= 4 is 36.2 Å². The topological polar surface area (TPSA) is 38.0 Å². The monoisotopic (exact) mass is 380 g/mol. The predicted molar refractivity (Wildman–Crippen MR) is 109 cm³/mol. The van der Waals surface area contributed by atoms with Gasteiger partial charge in [-0.25, -0.2) is 0 Å². The lowest BCUT2D eigenvalue weighted by Crippen LogP contribution is -2.28. The molecule has 0 amide bonds. The Morgan fingerprint density at radius 1 is 0.913 bits per heavy atom. The number of rotatable bonds is 10. The van der Waals surface area contributed by atoms with Gasteiger partial charge in [-0.2, -0.15) is 0 Å². The highest BCUT2D eigenvalue weighted by Crippen LogP contribution is 2.25. The number of halogens is 2. The summed E-state index contributed by atoms with van der Waals surface area (Å²) in [7, 11) is 0. The van der Waals surface area contributed by atoms with Crippen molar-refractivity contribution in [1.82, 2.24) is 5.32 Å². The number of thiophene rings is 1. The minimum absolute atomic E-state index is 0. The molecule has 0 saturated carbocycles. The third-order valence-electron chi connectivity index (χ3n) is 4.54. The van der Waals surface area contributed by atoms with Gasteiger partial charge in [0.2, 0.25) is 0 Å². The van der Waals surface area contributed by atoms with Crippen LogP contribution >= 0.6 is 36.2 Å². The van der Waals surface area contributed by atoms with Crippen LogP contribution in [0, 0.1) is 5.92 Å². The fourth-order valence-corrected chi connectivity index (χ4v) is 4.36. The van der Waals surface area contributed by atoms with E-state index in [0.29, 0.717) is 0 Å². The number of hydrogen-bond donors (Lipinski definition) is 2. The van der Waals surface area contributed by atoms with Crippen molar-refractivity contribution in [3.05, 3.63) is 21.9 Å². The number of unbranched alkanes of at least 4 members (excludes halogenated alkanes) is 5. The van der Waals surface area contributed by atoms with Gasteiger partial charge < -0.3 is 11.1 Å². The fourth-order valence-electron chi connectivity index (χ4n) is 3.19. The zero-order valence-electron chi connectivity index (χ0n) is 14.2. The molecule has 2 nitrogen and oxygen atoms in total. The highest BCUT2D eigenvalue weighted by Gasteiger charge is 2.14. The van der Waals surface area contributed by atoms with Gasteiger partial charge in [-0.05, 0) is 76.2 Å². The van der Waals surface area contributed by atoms with Crippen LogP contribution in [0.5, 0.6) is 0 Å². The second kappa shape index (κ2) is 14.5. The molecule has 0 unspecified atom stereocenters. The van der Waals surface area contributed by atoms with Crippen LogP contribution in [-0.4, -0.2) is 19.6 Å². The summed E-state index contributed by atoms with van der Waals surface area (Å²) < 4.78 is 0. The van der Waals surface area contributed by atoms with Gasteiger partial charge >= 0.3 is 0 Å². The van der Waals surface area contributed by atoms with Crippen LogP contribution in [0.4, 0.5) is 0 Å². The second-order valence-corrected chi connectivity index (χ2v) is 7.68. The first-order chi connectivity index (χ1) is 10.4. The van der Waals surface area contributed by atoms with Gasteiger partial charge in [0, 0.05) is 9.75 Å². The van der Waals surface area contributed by atoms with E-state index in [0.717, 1.165) is 12.5 Å². The lowest BCUT2D eigenvalue weighted by molar-refractivity contribution is 0.374. The molecule has 5 heteroatoms. The Morgan fingerprint density at radius 3 is 2.22 bits per heavy atom. The maximum atomic E-state index is 5.51. The molecular weight excluding hydrogens is 347 g/mol. The molecule has 3 N–H and O–H groups in total. The first-order valence-corrected chi connectivity index (χ1v) is 9.68. The van der Waals surface area contributed by atoms with Gasteiger partial charge in [0.1, 0.15) is 0 Å². The van der Waals surface area contributed by atoms with Crippen molar-refractivity contribution in [3.63, 3.8) is 0 Å². The van der Waals surface area contributed by atoms with Crippen LogP contribution in [0.1, 0.15) is 61.1 Å². The summed E-state index contributed by atoms with van der Waals surface area (Å²) >= 11 is 2.06. The molecule has 1 aromatic rings. The molecule has 2 heterocycles. The Hall–Kier alpha value is 0.200. The normalized spacial score (nSPS) is 15.0. The van der Waals surface area contributed by atoms with Crippen molar-refractivity contribution < 1.29 is 0 Å². The van der Waals surface area contributed by atoms with Gasteiger partial charge in [0.25, 0.3) is 0 Å². The minimum atomic E-state index is 0. The van der Waals surface area contributed by atoms with E-state index in [1.165, 1.54) is 77.3 Å². The summed E-state index contributed by atoms with van der Waals surface area (Å²) in [5.41, 5.74) is 5.51. The van der Waals surface area contributed by atoms with Crippen LogP contribution in [0.15, 0.2) is 12.1 Å². The summed E-state index contributed by atoms with van der Waals surface area (Å²) in [4.78, 5) is 3.21. The van der Waals surface area contributed by atoms with Crippen LogP contribution in [0.25, 0.3) is 0 Å². The molecule has 1 fully saturated rings. The van der Waals surface area contributed by atoms with Gasteiger partial charge in [0.05, 0.1) is 0 Å². The lowest BCUT2D eigenvalue weighted by Gasteiger charge is -2.21. The van der Waals surface area contributed by atoms with E-state index in [1.54, 1.807) is 9.75 Å². The van der Waals surface area contributed by atoms with E-state index in [1.807, 2.05) is 0 Å². The van der Waals surface area contributed by atoms with Crippen LogP contribution < -0.4 is 11.1 Å². The Morgan fingerprint density at radius 2 is 1.52 bits per heavy atom. The summed E-state index contributed by atoms with van der Waals surface area (Å²) in [6.45, 7) is 3.29. The van der Waals surface area contributed by atoms with Crippen molar-refractivity contribution in [1.29, 1.82) is 0 Å². The number of nitrogens with one attached hydrogen (secondary N) is 1. The van der Waals surface area contributed by atoms with E-state index in [9.17, 15) is 0 Å². The smallest absolute Gasteiger partial charge is 0.00509 e. The van der Waals surface area contributed by atoms with E-state index < -0.39 is 0 Å². The highest BCUT2D eigenvalue weighted by atomic mass is 35.5. The summed E-state index contributed by atoms with van der Waals surface area (Å²) in [6, 6.07) is 4.75. The number of hydrogen-bond acceptors (Lipinski definition) is 3. The fraction of sp³-hybridized carbons (Fsp3) is 0.778. The van der Waals surface area contributed by atoms with Gasteiger partial charge in [0.15, 0.2) is 0 Å². The Balaban J connectivity index is 0.00000242. The van der Waals surface area contributed by atoms with Crippen molar-refractivity contribution in [2.75, 3.05) is 19.6 Å². The third-order valence-corrected chi connectivity index (χ3v) is 5.71. The lowest BCUT2D eigenvalue weighted by atomic mass is 9.94. The molecule has 23 heavy (non-hydrogen) atoms. The summed E-state index contributed by atoms with van der Waals surface area (Å²) in [5.74, 6) is 0.917. The first kappa shape index (κ1) is 23.2. The van der Waals surface area contributed by atoms with Crippen molar-refractivity contribution in [2.45, 2.75) is 64.2 Å². The summed E-state index contributed by atoms with van der Waals surface area (Å²) in [6.07, 6.45) is 13.3. The quantitative estimate of drug-likeness (QED) is 0.561. The molecular formula is C18H34Cl2N2S. The number of aryl methyl sites for hydroxylation is 1. The average Bonchev–Trinajstić information content (AvgIpc) is 2.95. The zero-order chi connectivity index (χ0) is 14.8. The van der Waals surface area contributed by atoms with Crippen molar-refractivity contribution in [2.24, 2.45) is 11.7 Å². The number of piperidine rings is 1. The highest BCUT2D eigenvalue weighted by molar-refractivity contribution is 7.11. The average molecular weight is 381 g/mol. The molecule has 0 radical (unpaired) electrons. The van der Waals surface area contributed by atoms with Crippen molar-refractivity contribution in [3.8, 4) is 0 Å². The predicted octanol–water partition coefficient (Wildman–Crippen LogP) is 4.98. The maximum Gasteiger partial charge on any atom is 0.00509 e. The molecule has 1 aliphatic rings. The zero-order valence-corrected chi connectivity index (χ0v) is 16.7. The SMILES string of the molecule is Cl.Cl.NCCCCCCCCc1ccc(CC2CCNCC2)s1. The third kappa shape index (κ3) is 9.93. The molecule has 0 atom stereocenters. The van der Waals surface area contributed by atoms with Crippen LogP contribution in [0.2, 0.25) is 0 Å². The molecule has 1 aliphatic heterocycles. The van der Waals surface area contributed by atoms with Crippen LogP contribution in [0.3, 0.4) is 0 Å². The van der Waals surface area contributed by atoms with Gasteiger partial charge in [-0.3, -0.25) is 0 Å². The molecule has 2 rings (SSSR count). The molecule has 0 bridgehead atoms. The van der Waals surface area contributed by atoms with Crippen LogP contribution in [-0.2, 0) is 12.8 Å². The number of nitrogens with two attached hydrogens (primary N) is 1. The second-order valence-electron chi connectivity index (χ2n) is 6.43. The maximum absolute atomic E-state index is 5.51. The van der Waals surface area contributed by atoms with Gasteiger partial charge in [-0.1, -0.05) is 25.7 Å². The molecule has 1 saturated heterocycles. The minimum Gasteiger partial charge on any atom is -0.330 e. The Kier molecular flexibility index (Phi) is 14.7. The molecule has 0 spiro atoms. The summed E-state index contributed by atoms with van der Waals surface area (Å²) in [5, 5.41) is 3.45. The van der Waals surface area contributed by atoms with E-state index in [2.05, 4.69) is 28.8 Å².